The molecule has 1 aromatic carbocycles. The van der Waals surface area contributed by atoms with Crippen LogP contribution in [0.5, 0.6) is 5.75 Å². The van der Waals surface area contributed by atoms with Crippen LogP contribution < -0.4 is 15.0 Å². The molecule has 1 aromatic rings. The van der Waals surface area contributed by atoms with Gasteiger partial charge >= 0.3 is 0 Å². The fourth-order valence-electron chi connectivity index (χ4n) is 3.56. The van der Waals surface area contributed by atoms with Crippen molar-refractivity contribution in [3.8, 4) is 5.75 Å². The van der Waals surface area contributed by atoms with Crippen LogP contribution in [0.2, 0.25) is 0 Å². The predicted octanol–water partition coefficient (Wildman–Crippen LogP) is 2.18. The van der Waals surface area contributed by atoms with Crippen LogP contribution in [0.15, 0.2) is 24.3 Å². The monoisotopic (exact) mass is 359 g/mol. The Morgan fingerprint density at radius 1 is 1.04 bits per heavy atom. The highest BCUT2D eigenvalue weighted by Crippen LogP contribution is 2.23. The summed E-state index contributed by atoms with van der Waals surface area (Å²) in [6.07, 6.45) is 6.45. The second-order valence-corrected chi connectivity index (χ2v) is 7.04. The maximum absolute atomic E-state index is 11.9. The van der Waals surface area contributed by atoms with Crippen molar-refractivity contribution < 1.29 is 14.3 Å². The van der Waals surface area contributed by atoms with Crippen molar-refractivity contribution in [3.63, 3.8) is 0 Å². The van der Waals surface area contributed by atoms with Crippen LogP contribution in [0.25, 0.3) is 0 Å². The normalized spacial score (nSPS) is 18.2. The van der Waals surface area contributed by atoms with Gasteiger partial charge in [0.15, 0.2) is 6.61 Å². The Morgan fingerprint density at radius 2 is 1.81 bits per heavy atom. The lowest BCUT2D eigenvalue weighted by Crippen LogP contribution is -2.34. The molecule has 1 N–H and O–H groups in total. The predicted molar refractivity (Wildman–Crippen MR) is 101 cm³/mol. The van der Waals surface area contributed by atoms with E-state index in [0.29, 0.717) is 18.7 Å². The summed E-state index contributed by atoms with van der Waals surface area (Å²) in [5.74, 6) is 0.717. The van der Waals surface area contributed by atoms with Crippen molar-refractivity contribution >= 4 is 17.5 Å². The van der Waals surface area contributed by atoms with Crippen LogP contribution in [0.1, 0.15) is 38.5 Å². The fourth-order valence-corrected chi connectivity index (χ4v) is 3.56. The first kappa shape index (κ1) is 18.7. The van der Waals surface area contributed by atoms with Crippen molar-refractivity contribution in [2.24, 2.45) is 0 Å². The van der Waals surface area contributed by atoms with Crippen molar-refractivity contribution in [3.05, 3.63) is 24.3 Å². The van der Waals surface area contributed by atoms with Crippen LogP contribution in [-0.2, 0) is 9.59 Å². The van der Waals surface area contributed by atoms with E-state index < -0.39 is 0 Å². The molecule has 6 nitrogen and oxygen atoms in total. The van der Waals surface area contributed by atoms with E-state index in [0.717, 1.165) is 31.6 Å². The number of carbonyl (C=O) groups excluding carboxylic acids is 2. The molecular weight excluding hydrogens is 330 g/mol. The zero-order valence-corrected chi connectivity index (χ0v) is 15.4. The van der Waals surface area contributed by atoms with Crippen LogP contribution >= 0.6 is 0 Å². The zero-order chi connectivity index (χ0) is 18.2. The Morgan fingerprint density at radius 3 is 2.50 bits per heavy atom. The van der Waals surface area contributed by atoms with Crippen LogP contribution in [0.3, 0.4) is 0 Å². The van der Waals surface area contributed by atoms with Crippen LogP contribution in [0.4, 0.5) is 5.69 Å². The second kappa shape index (κ2) is 9.57. The van der Waals surface area contributed by atoms with E-state index in [1.165, 1.54) is 32.4 Å². The zero-order valence-electron chi connectivity index (χ0n) is 15.4. The van der Waals surface area contributed by atoms with E-state index in [-0.39, 0.29) is 18.4 Å². The van der Waals surface area contributed by atoms with E-state index in [1.54, 1.807) is 4.90 Å². The molecular formula is C20H29N3O3. The van der Waals surface area contributed by atoms with Gasteiger partial charge in [-0.2, -0.15) is 0 Å². The quantitative estimate of drug-likeness (QED) is 0.723. The Labute approximate surface area is 155 Å². The number of likely N-dealkylation sites (tertiary alicyclic amines) is 1. The third kappa shape index (κ3) is 5.46. The summed E-state index contributed by atoms with van der Waals surface area (Å²) in [5.41, 5.74) is 0.891. The summed E-state index contributed by atoms with van der Waals surface area (Å²) in [6, 6.07) is 7.36. The molecule has 2 saturated heterocycles. The summed E-state index contributed by atoms with van der Waals surface area (Å²) in [4.78, 5) is 27.9. The van der Waals surface area contributed by atoms with Gasteiger partial charge < -0.3 is 19.9 Å². The SMILES string of the molecule is O=C(COc1ccc(N2CCCC2=O)cc1)NCCCN1CCCCC1. The number of nitrogens with one attached hydrogen (secondary N) is 1. The van der Waals surface area contributed by atoms with Crippen molar-refractivity contribution in [2.45, 2.75) is 38.5 Å². The third-order valence-electron chi connectivity index (χ3n) is 5.01. The minimum absolute atomic E-state index is 0.0195. The first-order chi connectivity index (χ1) is 12.7. The van der Waals surface area contributed by atoms with Gasteiger partial charge in [-0.1, -0.05) is 6.42 Å². The molecule has 0 saturated carbocycles. The maximum atomic E-state index is 11.9. The maximum Gasteiger partial charge on any atom is 0.257 e. The summed E-state index contributed by atoms with van der Waals surface area (Å²) in [7, 11) is 0. The van der Waals surface area contributed by atoms with E-state index in [9.17, 15) is 9.59 Å². The van der Waals surface area contributed by atoms with Crippen molar-refractivity contribution in [1.82, 2.24) is 10.2 Å². The number of rotatable bonds is 8. The Kier molecular flexibility index (Phi) is 6.89. The highest BCUT2D eigenvalue weighted by atomic mass is 16.5. The lowest BCUT2D eigenvalue weighted by atomic mass is 10.1. The Balaban J connectivity index is 1.31. The third-order valence-corrected chi connectivity index (χ3v) is 5.01. The first-order valence-corrected chi connectivity index (χ1v) is 9.75. The molecule has 142 valence electrons. The molecule has 2 heterocycles. The van der Waals surface area contributed by atoms with Crippen molar-refractivity contribution in [1.29, 1.82) is 0 Å². The summed E-state index contributed by atoms with van der Waals surface area (Å²) >= 11 is 0. The van der Waals surface area contributed by atoms with Gasteiger partial charge in [0, 0.05) is 25.2 Å². The van der Waals surface area contributed by atoms with E-state index >= 15 is 0 Å². The van der Waals surface area contributed by atoms with Crippen LogP contribution in [0, 0.1) is 0 Å². The van der Waals surface area contributed by atoms with Crippen molar-refractivity contribution in [2.75, 3.05) is 44.2 Å². The van der Waals surface area contributed by atoms with Gasteiger partial charge in [-0.05, 0) is 69.6 Å². The number of nitrogens with zero attached hydrogens (tertiary/aromatic N) is 2. The molecule has 0 unspecified atom stereocenters. The molecule has 2 aliphatic heterocycles. The summed E-state index contributed by atoms with van der Waals surface area (Å²) in [5, 5.41) is 2.91. The number of benzene rings is 1. The number of anilines is 1. The minimum atomic E-state index is -0.0950. The highest BCUT2D eigenvalue weighted by Gasteiger charge is 2.21. The molecule has 0 bridgehead atoms. The number of amides is 2. The lowest BCUT2D eigenvalue weighted by molar-refractivity contribution is -0.123. The van der Waals surface area contributed by atoms with Gasteiger partial charge in [-0.3, -0.25) is 9.59 Å². The molecule has 26 heavy (non-hydrogen) atoms. The fraction of sp³-hybridized carbons (Fsp3) is 0.600. The number of ether oxygens (including phenoxy) is 1. The Hall–Kier alpha value is -2.08. The number of carbonyl (C=O) groups is 2. The number of hydrogen-bond acceptors (Lipinski definition) is 4. The van der Waals surface area contributed by atoms with Gasteiger partial charge in [-0.25, -0.2) is 0 Å². The van der Waals surface area contributed by atoms with E-state index in [4.69, 9.17) is 4.74 Å². The van der Waals surface area contributed by atoms with E-state index in [2.05, 4.69) is 10.2 Å². The minimum Gasteiger partial charge on any atom is -0.484 e. The lowest BCUT2D eigenvalue weighted by Gasteiger charge is -2.26. The molecule has 3 rings (SSSR count). The van der Waals surface area contributed by atoms with Gasteiger partial charge in [-0.15, -0.1) is 0 Å². The molecule has 0 atom stereocenters. The highest BCUT2D eigenvalue weighted by molar-refractivity contribution is 5.95. The standard InChI is InChI=1S/C20H29N3O3/c24-19(21-11-5-14-22-12-2-1-3-13-22)16-26-18-9-7-17(8-10-18)23-15-4-6-20(23)25/h7-10H,1-6,11-16H2,(H,21,24). The van der Waals surface area contributed by atoms with Gasteiger partial charge in [0.25, 0.3) is 5.91 Å². The second-order valence-electron chi connectivity index (χ2n) is 7.04. The summed E-state index contributed by atoms with van der Waals surface area (Å²) in [6.45, 7) is 4.92. The average molecular weight is 359 g/mol. The van der Waals surface area contributed by atoms with E-state index in [1.807, 2.05) is 24.3 Å². The smallest absolute Gasteiger partial charge is 0.257 e. The topological polar surface area (TPSA) is 61.9 Å². The molecule has 2 amide bonds. The summed E-state index contributed by atoms with van der Waals surface area (Å²) < 4.78 is 5.53. The van der Waals surface area contributed by atoms with Gasteiger partial charge in [0.05, 0.1) is 0 Å². The molecule has 0 spiro atoms. The van der Waals surface area contributed by atoms with Gasteiger partial charge in [0.2, 0.25) is 5.91 Å². The van der Waals surface area contributed by atoms with Gasteiger partial charge in [0.1, 0.15) is 5.75 Å². The number of hydrogen-bond donors (Lipinski definition) is 1. The molecule has 2 fully saturated rings. The molecule has 2 aliphatic rings. The molecule has 0 aromatic heterocycles. The number of piperidine rings is 1. The first-order valence-electron chi connectivity index (χ1n) is 9.75. The van der Waals surface area contributed by atoms with Crippen LogP contribution in [-0.4, -0.2) is 56.0 Å². The molecule has 0 aliphatic carbocycles. The molecule has 6 heteroatoms. The Bertz CT molecular complexity index is 597. The molecule has 0 radical (unpaired) electrons. The largest absolute Gasteiger partial charge is 0.484 e. The average Bonchev–Trinajstić information content (AvgIpc) is 3.11.